The second-order valence-corrected chi connectivity index (χ2v) is 9.12. The Morgan fingerprint density at radius 3 is 1.86 bits per heavy atom. The highest BCUT2D eigenvalue weighted by Gasteiger charge is 2.53. The average Bonchev–Trinajstić information content (AvgIpc) is 2.86. The van der Waals surface area contributed by atoms with Crippen LogP contribution >= 0.6 is 0 Å². The van der Waals surface area contributed by atoms with E-state index in [-0.39, 0.29) is 6.54 Å². The molecule has 37 heavy (non-hydrogen) atoms. The lowest BCUT2D eigenvalue weighted by Crippen LogP contribution is -2.69. The Morgan fingerprint density at radius 2 is 1.30 bits per heavy atom. The predicted molar refractivity (Wildman–Crippen MR) is 115 cm³/mol. The lowest BCUT2D eigenvalue weighted by molar-refractivity contribution is -0.367. The Bertz CT molecular complexity index is 749. The van der Waals surface area contributed by atoms with Crippen molar-refractivity contribution in [2.24, 2.45) is 5.73 Å². The number of hydrogen-bond donors (Lipinski definition) is 11. The molecule has 0 aromatic rings. The molecule has 15 atom stereocenters. The fourth-order valence-electron chi connectivity index (χ4n) is 4.49. The molecule has 216 valence electrons. The summed E-state index contributed by atoms with van der Waals surface area (Å²) in [5.41, 5.74) is 5.52. The van der Waals surface area contributed by atoms with Crippen LogP contribution in [0.2, 0.25) is 0 Å². The minimum absolute atomic E-state index is 0.251. The molecule has 3 heterocycles. The SMILES string of the molecule is CC(=O)N[C@H]1[C@H](O[C@H]2[C@@H](O)[C@H](O)[C@@H](CO)O[C@@H]2O)O[C@H](CO)[C@@H](O[C@@H]2O[C@H](CN)[C@H](O)[C@H](O)[C@H]2O)[C@@H]1O. The first-order chi connectivity index (χ1) is 17.4. The second-order valence-electron chi connectivity index (χ2n) is 9.12. The highest BCUT2D eigenvalue weighted by Crippen LogP contribution is 2.32. The van der Waals surface area contributed by atoms with Crippen LogP contribution in [0.15, 0.2) is 0 Å². The van der Waals surface area contributed by atoms with E-state index in [0.717, 1.165) is 6.92 Å². The lowest BCUT2D eigenvalue weighted by atomic mass is 9.94. The number of hydrogen-bond acceptors (Lipinski definition) is 16. The van der Waals surface area contributed by atoms with Crippen LogP contribution in [0.5, 0.6) is 0 Å². The van der Waals surface area contributed by atoms with Crippen LogP contribution in [0.4, 0.5) is 0 Å². The standard InChI is InChI=1S/C20H36N2O15/c1-5(25)22-9-12(28)16(36-20-15(31)13(29)10(26)6(2-21)34-20)8(4-24)35-19(9)37-17-14(30)11(27)7(3-23)33-18(17)32/h6-20,23-24,26-32H,2-4,21H2,1H3,(H,22,25)/t6-,7-,8-,9-,10+,11-,12-,13+,14+,15-,16-,17+,18+,19+,20+/m1/s1. The Balaban J connectivity index is 1.81. The molecule has 0 aromatic carbocycles. The van der Waals surface area contributed by atoms with E-state index in [2.05, 4.69) is 5.32 Å². The van der Waals surface area contributed by atoms with E-state index in [1.165, 1.54) is 0 Å². The zero-order valence-corrected chi connectivity index (χ0v) is 19.8. The van der Waals surface area contributed by atoms with E-state index >= 15 is 0 Å². The van der Waals surface area contributed by atoms with Gasteiger partial charge >= 0.3 is 0 Å². The third-order valence-electron chi connectivity index (χ3n) is 6.55. The monoisotopic (exact) mass is 544 g/mol. The van der Waals surface area contributed by atoms with E-state index in [1.807, 2.05) is 0 Å². The van der Waals surface area contributed by atoms with Crippen LogP contribution < -0.4 is 11.1 Å². The summed E-state index contributed by atoms with van der Waals surface area (Å²) in [4.78, 5) is 11.9. The van der Waals surface area contributed by atoms with Gasteiger partial charge in [0.25, 0.3) is 0 Å². The summed E-state index contributed by atoms with van der Waals surface area (Å²) < 4.78 is 27.2. The predicted octanol–water partition coefficient (Wildman–Crippen LogP) is -7.46. The minimum atomic E-state index is -1.86. The number of carbonyl (C=O) groups excluding carboxylic acids is 1. The number of rotatable bonds is 8. The van der Waals surface area contributed by atoms with Crippen LogP contribution in [-0.4, -0.2) is 164 Å². The Hall–Kier alpha value is -1.13. The minimum Gasteiger partial charge on any atom is -0.394 e. The summed E-state index contributed by atoms with van der Waals surface area (Å²) in [6, 6.07) is -1.46. The smallest absolute Gasteiger partial charge is 0.217 e. The van der Waals surface area contributed by atoms with E-state index in [4.69, 9.17) is 29.4 Å². The summed E-state index contributed by atoms with van der Waals surface area (Å²) in [7, 11) is 0. The average molecular weight is 545 g/mol. The molecule has 0 spiro atoms. The Morgan fingerprint density at radius 1 is 0.730 bits per heavy atom. The van der Waals surface area contributed by atoms with Crippen molar-refractivity contribution in [1.29, 1.82) is 0 Å². The molecule has 0 bridgehead atoms. The molecule has 3 fully saturated rings. The second kappa shape index (κ2) is 12.8. The number of ether oxygens (including phenoxy) is 5. The van der Waals surface area contributed by atoms with Gasteiger partial charge in [-0.1, -0.05) is 0 Å². The van der Waals surface area contributed by atoms with Gasteiger partial charge in [-0.2, -0.15) is 0 Å². The van der Waals surface area contributed by atoms with Gasteiger partial charge in [0.15, 0.2) is 18.9 Å². The maximum Gasteiger partial charge on any atom is 0.217 e. The number of aliphatic hydroxyl groups excluding tert-OH is 9. The highest BCUT2D eigenvalue weighted by molar-refractivity contribution is 5.73. The maximum absolute atomic E-state index is 11.9. The largest absolute Gasteiger partial charge is 0.394 e. The van der Waals surface area contributed by atoms with Crippen molar-refractivity contribution >= 4 is 5.91 Å². The molecule has 0 saturated carbocycles. The van der Waals surface area contributed by atoms with Crippen molar-refractivity contribution < 1.29 is 74.4 Å². The topological polar surface area (TPSA) is 283 Å². The fraction of sp³-hybridized carbons (Fsp3) is 0.950. The van der Waals surface area contributed by atoms with Gasteiger partial charge in [0.1, 0.15) is 73.2 Å². The van der Waals surface area contributed by atoms with E-state index in [0.29, 0.717) is 0 Å². The van der Waals surface area contributed by atoms with Gasteiger partial charge < -0.3 is 80.7 Å². The molecule has 0 aliphatic carbocycles. The molecule has 12 N–H and O–H groups in total. The summed E-state index contributed by atoms with van der Waals surface area (Å²) in [6.07, 6.45) is -22.4. The molecule has 3 aliphatic rings. The van der Waals surface area contributed by atoms with Crippen LogP contribution in [0, 0.1) is 0 Å². The summed E-state index contributed by atoms with van der Waals surface area (Å²) >= 11 is 0. The van der Waals surface area contributed by atoms with Crippen molar-refractivity contribution in [2.75, 3.05) is 19.8 Å². The van der Waals surface area contributed by atoms with Crippen LogP contribution in [0.3, 0.4) is 0 Å². The van der Waals surface area contributed by atoms with Gasteiger partial charge in [-0.25, -0.2) is 0 Å². The molecule has 3 rings (SSSR count). The van der Waals surface area contributed by atoms with Crippen molar-refractivity contribution in [3.05, 3.63) is 0 Å². The number of carbonyl (C=O) groups is 1. The van der Waals surface area contributed by atoms with Crippen molar-refractivity contribution in [3.63, 3.8) is 0 Å². The van der Waals surface area contributed by atoms with Crippen LogP contribution in [-0.2, 0) is 28.5 Å². The molecule has 3 aliphatic heterocycles. The first kappa shape index (κ1) is 30.4. The number of aliphatic hydroxyl groups is 9. The molecule has 17 heteroatoms. The van der Waals surface area contributed by atoms with Gasteiger partial charge in [0.05, 0.1) is 13.2 Å². The summed E-state index contributed by atoms with van der Waals surface area (Å²) in [5.74, 6) is -0.667. The molecule has 0 aromatic heterocycles. The zero-order valence-electron chi connectivity index (χ0n) is 19.8. The Labute approximate surface area is 210 Å². The highest BCUT2D eigenvalue weighted by atomic mass is 16.7. The fourth-order valence-corrected chi connectivity index (χ4v) is 4.49. The third kappa shape index (κ3) is 6.38. The molecule has 0 radical (unpaired) electrons. The van der Waals surface area contributed by atoms with Crippen molar-refractivity contribution in [1.82, 2.24) is 5.32 Å². The van der Waals surface area contributed by atoms with E-state index in [9.17, 15) is 50.8 Å². The van der Waals surface area contributed by atoms with Crippen LogP contribution in [0.1, 0.15) is 6.92 Å². The third-order valence-corrected chi connectivity index (χ3v) is 6.55. The molecular formula is C20H36N2O15. The van der Waals surface area contributed by atoms with Gasteiger partial charge in [-0.15, -0.1) is 0 Å². The molecule has 3 saturated heterocycles. The zero-order chi connectivity index (χ0) is 27.6. The lowest BCUT2D eigenvalue weighted by Gasteiger charge is -2.48. The number of amides is 1. The van der Waals surface area contributed by atoms with Crippen molar-refractivity contribution in [3.8, 4) is 0 Å². The van der Waals surface area contributed by atoms with E-state index < -0.39 is 111 Å². The molecule has 17 nitrogen and oxygen atoms in total. The summed E-state index contributed by atoms with van der Waals surface area (Å²) in [6.45, 7) is -0.658. The van der Waals surface area contributed by atoms with Gasteiger partial charge in [-0.3, -0.25) is 4.79 Å². The van der Waals surface area contributed by atoms with E-state index in [1.54, 1.807) is 0 Å². The quantitative estimate of drug-likeness (QED) is 0.135. The summed E-state index contributed by atoms with van der Waals surface area (Å²) in [5, 5.41) is 93.7. The first-order valence-corrected chi connectivity index (χ1v) is 11.7. The van der Waals surface area contributed by atoms with Crippen LogP contribution in [0.25, 0.3) is 0 Å². The normalized spacial score (nSPS) is 49.0. The first-order valence-electron chi connectivity index (χ1n) is 11.7. The molecule has 1 amide bonds. The molecular weight excluding hydrogens is 508 g/mol. The number of nitrogens with one attached hydrogen (secondary N) is 1. The number of nitrogens with two attached hydrogens (primary N) is 1. The molecule has 0 unspecified atom stereocenters. The van der Waals surface area contributed by atoms with Crippen molar-refractivity contribution in [2.45, 2.75) is 99.0 Å². The van der Waals surface area contributed by atoms with Gasteiger partial charge in [-0.05, 0) is 0 Å². The van der Waals surface area contributed by atoms with Gasteiger partial charge in [0.2, 0.25) is 5.91 Å². The maximum atomic E-state index is 11.9. The van der Waals surface area contributed by atoms with Gasteiger partial charge in [0, 0.05) is 13.5 Å². The Kier molecular flexibility index (Phi) is 10.5.